The van der Waals surface area contributed by atoms with Crippen molar-refractivity contribution in [2.75, 3.05) is 164 Å². The summed E-state index contributed by atoms with van der Waals surface area (Å²) in [6, 6.07) is 3.53. The summed E-state index contributed by atoms with van der Waals surface area (Å²) < 4.78 is 66.8. The number of piperidine rings is 1. The first kappa shape index (κ1) is 69.8. The number of fused-ring (bicyclic) bond motifs is 1. The number of imide groups is 2. The van der Waals surface area contributed by atoms with E-state index in [1.165, 1.54) is 102 Å². The van der Waals surface area contributed by atoms with Crippen molar-refractivity contribution in [3.63, 3.8) is 0 Å². The maximum atomic E-state index is 13.2. The lowest BCUT2D eigenvalue weighted by atomic mass is 10.0. The van der Waals surface area contributed by atoms with Crippen LogP contribution in [-0.2, 0) is 71.2 Å². The Hall–Kier alpha value is -3.51. The van der Waals surface area contributed by atoms with E-state index < -0.39 is 29.7 Å². The minimum atomic E-state index is -1.08. The average Bonchev–Trinajstić information content (AvgIpc) is 3.85. The Bertz CT molecular complexity index is 1710. The molecule has 2 N–H and O–H groups in total. The highest BCUT2D eigenvalue weighted by atomic mass is 16.6. The SMILES string of the molecule is CCCCCCCCCCCCCCCCCCOCCOCCOCCOCCOCCOCCOCCOCCOCCOCCOCCOCCCCCC(=O)Nc1cccc2c1C(=O)N(C1CCC(=O)NC1=O)C2=O. The second-order valence-electron chi connectivity index (χ2n) is 19.7. The van der Waals surface area contributed by atoms with Crippen molar-refractivity contribution in [3.8, 4) is 0 Å². The molecule has 20 nitrogen and oxygen atoms in total. The Kier molecular flexibility index (Phi) is 44.4. The molecule has 0 aliphatic carbocycles. The smallest absolute Gasteiger partial charge is 0.264 e. The van der Waals surface area contributed by atoms with Crippen LogP contribution >= 0.6 is 0 Å². The maximum Gasteiger partial charge on any atom is 0.264 e. The summed E-state index contributed by atoms with van der Waals surface area (Å²) in [7, 11) is 0. The van der Waals surface area contributed by atoms with Crippen LogP contribution in [0, 0.1) is 0 Å². The number of anilines is 1. The van der Waals surface area contributed by atoms with Crippen molar-refractivity contribution in [1.29, 1.82) is 0 Å². The van der Waals surface area contributed by atoms with Crippen molar-refractivity contribution in [1.82, 2.24) is 10.2 Å². The summed E-state index contributed by atoms with van der Waals surface area (Å²) in [4.78, 5) is 63.7. The molecule has 3 rings (SSSR count). The second kappa shape index (κ2) is 50.2. The Morgan fingerprint density at radius 3 is 1.13 bits per heavy atom. The van der Waals surface area contributed by atoms with Crippen LogP contribution in [0.3, 0.4) is 0 Å². The van der Waals surface area contributed by atoms with Crippen LogP contribution in [0.5, 0.6) is 0 Å². The predicted molar refractivity (Wildman–Crippen MR) is 300 cm³/mol. The van der Waals surface area contributed by atoms with Crippen molar-refractivity contribution in [3.05, 3.63) is 29.3 Å². The highest BCUT2D eigenvalue weighted by Crippen LogP contribution is 2.32. The number of ether oxygens (including phenoxy) is 12. The van der Waals surface area contributed by atoms with E-state index in [4.69, 9.17) is 56.8 Å². The lowest BCUT2D eigenvalue weighted by molar-refractivity contribution is -0.136. The molecule has 1 aromatic rings. The van der Waals surface area contributed by atoms with Crippen molar-refractivity contribution in [2.24, 2.45) is 0 Å². The fraction of sp³-hybridized carbons (Fsp3) is 0.814. The van der Waals surface area contributed by atoms with E-state index in [2.05, 4.69) is 17.6 Å². The largest absolute Gasteiger partial charge is 0.379 e. The van der Waals surface area contributed by atoms with Gasteiger partial charge >= 0.3 is 0 Å². The number of carbonyl (C=O) groups is 5. The Morgan fingerprint density at radius 2 is 0.772 bits per heavy atom. The Labute approximate surface area is 472 Å². The van der Waals surface area contributed by atoms with Gasteiger partial charge in [0, 0.05) is 26.1 Å². The van der Waals surface area contributed by atoms with Gasteiger partial charge in [-0.25, -0.2) is 0 Å². The number of hydrogen-bond acceptors (Lipinski definition) is 17. The van der Waals surface area contributed by atoms with Crippen LogP contribution in [0.2, 0.25) is 0 Å². The molecule has 5 amide bonds. The van der Waals surface area contributed by atoms with E-state index in [9.17, 15) is 24.0 Å². The molecule has 1 atom stereocenters. The Balaban J connectivity index is 0.913. The summed E-state index contributed by atoms with van der Waals surface area (Å²) in [5, 5.41) is 4.92. The fourth-order valence-electron chi connectivity index (χ4n) is 8.77. The topological polar surface area (TPSA) is 223 Å². The maximum absolute atomic E-state index is 13.2. The number of benzene rings is 1. The van der Waals surface area contributed by atoms with Crippen molar-refractivity contribution >= 4 is 35.2 Å². The van der Waals surface area contributed by atoms with Gasteiger partial charge in [0.05, 0.1) is 162 Å². The highest BCUT2D eigenvalue weighted by Gasteiger charge is 2.45. The highest BCUT2D eigenvalue weighted by molar-refractivity contribution is 6.26. The molecule has 0 spiro atoms. The first-order valence-corrected chi connectivity index (χ1v) is 30.0. The molecule has 1 fully saturated rings. The van der Waals surface area contributed by atoms with E-state index in [1.54, 1.807) is 12.1 Å². The normalized spacial score (nSPS) is 14.4. The molecule has 0 bridgehead atoms. The van der Waals surface area contributed by atoms with Crippen LogP contribution in [-0.4, -0.2) is 199 Å². The molecule has 20 heteroatoms. The molecular weight excluding hydrogens is 1020 g/mol. The monoisotopic (exact) mass is 1120 g/mol. The number of nitrogens with one attached hydrogen (secondary N) is 2. The number of hydrogen-bond donors (Lipinski definition) is 2. The summed E-state index contributed by atoms with van der Waals surface area (Å²) in [6.45, 7) is 14.6. The minimum Gasteiger partial charge on any atom is -0.379 e. The quantitative estimate of drug-likeness (QED) is 0.0465. The van der Waals surface area contributed by atoms with Crippen LogP contribution in [0.4, 0.5) is 5.69 Å². The molecule has 454 valence electrons. The fourth-order valence-corrected chi connectivity index (χ4v) is 8.77. The molecule has 79 heavy (non-hydrogen) atoms. The van der Waals surface area contributed by atoms with Gasteiger partial charge < -0.3 is 62.2 Å². The first-order valence-electron chi connectivity index (χ1n) is 30.0. The van der Waals surface area contributed by atoms with Crippen LogP contribution in [0.15, 0.2) is 18.2 Å². The number of rotatable bonds is 58. The average molecular weight is 1120 g/mol. The molecular formula is C59H101N3O17. The van der Waals surface area contributed by atoms with Gasteiger partial charge in [0.15, 0.2) is 0 Å². The van der Waals surface area contributed by atoms with E-state index in [0.29, 0.717) is 158 Å². The van der Waals surface area contributed by atoms with Gasteiger partial charge in [0.2, 0.25) is 17.7 Å². The van der Waals surface area contributed by atoms with E-state index in [0.717, 1.165) is 30.8 Å². The third kappa shape index (κ3) is 35.9. The third-order valence-corrected chi connectivity index (χ3v) is 13.2. The lowest BCUT2D eigenvalue weighted by Gasteiger charge is -2.27. The zero-order valence-electron chi connectivity index (χ0n) is 48.2. The van der Waals surface area contributed by atoms with Crippen LogP contribution < -0.4 is 10.6 Å². The Morgan fingerprint density at radius 1 is 0.443 bits per heavy atom. The van der Waals surface area contributed by atoms with Gasteiger partial charge in [-0.1, -0.05) is 116 Å². The van der Waals surface area contributed by atoms with E-state index in [1.807, 2.05) is 0 Å². The van der Waals surface area contributed by atoms with E-state index in [-0.39, 0.29) is 42.0 Å². The standard InChI is InChI=1S/C59H101N3O17/c1-2-3-4-5-6-7-8-9-10-11-12-13-14-15-16-19-27-68-29-31-70-33-35-72-37-39-74-41-43-76-45-47-78-49-50-79-48-46-77-44-42-75-40-38-73-36-34-71-32-30-69-28-20-17-18-24-54(63)60-52-23-21-22-51-56(52)59(67)62(58(51)66)53-25-26-55(64)61-57(53)65/h21-23,53H,2-20,24-50H2,1H3,(H,60,63)(H,61,64,65). The van der Waals surface area contributed by atoms with Gasteiger partial charge in [-0.2, -0.15) is 0 Å². The molecule has 0 radical (unpaired) electrons. The van der Waals surface area contributed by atoms with Gasteiger partial charge in [0.25, 0.3) is 11.8 Å². The molecule has 0 aromatic heterocycles. The van der Waals surface area contributed by atoms with E-state index >= 15 is 0 Å². The molecule has 1 saturated heterocycles. The number of unbranched alkanes of at least 4 members (excludes halogenated alkanes) is 17. The molecule has 2 aliphatic rings. The number of nitrogens with zero attached hydrogens (tertiary/aromatic N) is 1. The molecule has 2 heterocycles. The molecule has 2 aliphatic heterocycles. The lowest BCUT2D eigenvalue weighted by Crippen LogP contribution is -2.54. The third-order valence-electron chi connectivity index (χ3n) is 13.2. The number of amides is 5. The van der Waals surface area contributed by atoms with Gasteiger partial charge in [-0.05, 0) is 37.8 Å². The number of carbonyl (C=O) groups excluding carboxylic acids is 5. The zero-order valence-corrected chi connectivity index (χ0v) is 48.2. The van der Waals surface area contributed by atoms with Crippen LogP contribution in [0.1, 0.15) is 169 Å². The summed E-state index contributed by atoms with van der Waals surface area (Å²) in [6.07, 6.45) is 24.5. The first-order chi connectivity index (χ1) is 38.9. The van der Waals surface area contributed by atoms with Crippen molar-refractivity contribution < 1.29 is 80.8 Å². The summed E-state index contributed by atoms with van der Waals surface area (Å²) >= 11 is 0. The van der Waals surface area contributed by atoms with Gasteiger partial charge in [-0.15, -0.1) is 0 Å². The minimum absolute atomic E-state index is 0.0271. The molecule has 1 aromatic carbocycles. The summed E-state index contributed by atoms with van der Waals surface area (Å²) in [5.74, 6) is -2.72. The van der Waals surface area contributed by atoms with Crippen LogP contribution in [0.25, 0.3) is 0 Å². The second-order valence-corrected chi connectivity index (χ2v) is 19.7. The molecule has 0 saturated carbocycles. The van der Waals surface area contributed by atoms with Crippen molar-refractivity contribution in [2.45, 2.75) is 154 Å². The van der Waals surface area contributed by atoms with Gasteiger partial charge in [0.1, 0.15) is 6.04 Å². The summed E-state index contributed by atoms with van der Waals surface area (Å²) in [5.41, 5.74) is 0.382. The molecule has 1 unspecified atom stereocenters. The zero-order chi connectivity index (χ0) is 56.3. The van der Waals surface area contributed by atoms with Gasteiger partial charge in [-0.3, -0.25) is 34.2 Å². The predicted octanol–water partition coefficient (Wildman–Crippen LogP) is 8.05.